The Balaban J connectivity index is 2.09. The minimum absolute atomic E-state index is 1.03. The van der Waals surface area contributed by atoms with Crippen LogP contribution >= 0.6 is 0 Å². The van der Waals surface area contributed by atoms with Gasteiger partial charge in [-0.05, 0) is 22.9 Å². The maximum atomic E-state index is 2.73. The Kier molecular flexibility index (Phi) is 4.38. The molecule has 0 radical (unpaired) electrons. The molecule has 2 rings (SSSR count). The highest BCUT2D eigenvalue weighted by Gasteiger charge is 2.44. The van der Waals surface area contributed by atoms with Crippen molar-refractivity contribution in [3.05, 3.63) is 0 Å². The standard InChI is InChI=1S/C16H32Si/c1-13-9-5-7-11-15(13)17(3,4)16-12-8-6-10-14(16)2/h13-16H,5-12H2,1-4H3. The molecule has 1 heteroatoms. The van der Waals surface area contributed by atoms with Crippen LogP contribution in [0.15, 0.2) is 0 Å². The summed E-state index contributed by atoms with van der Waals surface area (Å²) in [6, 6.07) is 0. The summed E-state index contributed by atoms with van der Waals surface area (Å²) in [6.45, 7) is 10.6. The SMILES string of the molecule is CC1CCCCC1[Si](C)(C)C1CCCCC1C. The van der Waals surface area contributed by atoms with Gasteiger partial charge in [0.05, 0.1) is 8.07 Å². The lowest BCUT2D eigenvalue weighted by Crippen LogP contribution is -2.45. The second-order valence-electron chi connectivity index (χ2n) is 7.56. The smallest absolute Gasteiger partial charge is 0.0541 e. The van der Waals surface area contributed by atoms with Crippen molar-refractivity contribution in [1.29, 1.82) is 0 Å². The topological polar surface area (TPSA) is 0 Å². The first kappa shape index (κ1) is 13.6. The number of hydrogen-bond donors (Lipinski definition) is 0. The van der Waals surface area contributed by atoms with Crippen LogP contribution in [0, 0.1) is 11.8 Å². The van der Waals surface area contributed by atoms with E-state index in [1.54, 1.807) is 12.8 Å². The minimum atomic E-state index is -1.03. The molecule has 100 valence electrons. The fourth-order valence-corrected chi connectivity index (χ4v) is 10.8. The predicted molar refractivity (Wildman–Crippen MR) is 80.2 cm³/mol. The maximum absolute atomic E-state index is 2.73. The van der Waals surface area contributed by atoms with Crippen LogP contribution in [0.25, 0.3) is 0 Å². The molecule has 2 saturated carbocycles. The van der Waals surface area contributed by atoms with Crippen LogP contribution in [0.5, 0.6) is 0 Å². The van der Waals surface area contributed by atoms with Crippen molar-refractivity contribution < 1.29 is 0 Å². The molecule has 0 saturated heterocycles. The summed E-state index contributed by atoms with van der Waals surface area (Å²) < 4.78 is 0. The third-order valence-corrected chi connectivity index (χ3v) is 11.7. The van der Waals surface area contributed by atoms with E-state index >= 15 is 0 Å². The van der Waals surface area contributed by atoms with Crippen LogP contribution in [-0.2, 0) is 0 Å². The second kappa shape index (κ2) is 5.46. The monoisotopic (exact) mass is 252 g/mol. The van der Waals surface area contributed by atoms with Crippen molar-refractivity contribution in [1.82, 2.24) is 0 Å². The summed E-state index contributed by atoms with van der Waals surface area (Å²) in [7, 11) is -1.03. The molecule has 4 unspecified atom stereocenters. The summed E-state index contributed by atoms with van der Waals surface area (Å²) in [5.41, 5.74) is 2.25. The van der Waals surface area contributed by atoms with Crippen LogP contribution < -0.4 is 0 Å². The third kappa shape index (κ3) is 2.80. The van der Waals surface area contributed by atoms with Crippen LogP contribution in [0.1, 0.15) is 65.2 Å². The zero-order valence-corrected chi connectivity index (χ0v) is 13.5. The molecule has 0 bridgehead atoms. The fraction of sp³-hybridized carbons (Fsp3) is 1.00. The van der Waals surface area contributed by atoms with E-state index in [0.29, 0.717) is 0 Å². The summed E-state index contributed by atoms with van der Waals surface area (Å²) in [6.07, 6.45) is 12.2. The van der Waals surface area contributed by atoms with E-state index in [-0.39, 0.29) is 0 Å². The van der Waals surface area contributed by atoms with E-state index in [1.807, 2.05) is 0 Å². The Morgan fingerprint density at radius 2 is 1.00 bits per heavy atom. The molecular formula is C16H32Si. The van der Waals surface area contributed by atoms with Crippen LogP contribution in [0.3, 0.4) is 0 Å². The van der Waals surface area contributed by atoms with Crippen LogP contribution in [-0.4, -0.2) is 8.07 Å². The first-order chi connectivity index (χ1) is 8.03. The van der Waals surface area contributed by atoms with Crippen molar-refractivity contribution in [3.63, 3.8) is 0 Å². The van der Waals surface area contributed by atoms with Gasteiger partial charge in [-0.2, -0.15) is 0 Å². The molecule has 17 heavy (non-hydrogen) atoms. The van der Waals surface area contributed by atoms with E-state index in [1.165, 1.54) is 38.5 Å². The van der Waals surface area contributed by atoms with Gasteiger partial charge < -0.3 is 0 Å². The zero-order valence-electron chi connectivity index (χ0n) is 12.5. The van der Waals surface area contributed by atoms with Crippen molar-refractivity contribution in [2.45, 2.75) is 89.4 Å². The van der Waals surface area contributed by atoms with Gasteiger partial charge in [-0.25, -0.2) is 0 Å². The Bertz CT molecular complexity index is 222. The van der Waals surface area contributed by atoms with Crippen molar-refractivity contribution in [3.8, 4) is 0 Å². The van der Waals surface area contributed by atoms with Crippen molar-refractivity contribution in [2.24, 2.45) is 11.8 Å². The van der Waals surface area contributed by atoms with Gasteiger partial charge in [0.25, 0.3) is 0 Å². The molecule has 0 N–H and O–H groups in total. The zero-order chi connectivity index (χ0) is 12.5. The van der Waals surface area contributed by atoms with Crippen LogP contribution in [0.2, 0.25) is 24.2 Å². The Labute approximate surface area is 110 Å². The molecule has 2 fully saturated rings. The molecule has 0 nitrogen and oxygen atoms in total. The van der Waals surface area contributed by atoms with Crippen LogP contribution in [0.4, 0.5) is 0 Å². The Morgan fingerprint density at radius 1 is 0.647 bits per heavy atom. The highest BCUT2D eigenvalue weighted by Crippen LogP contribution is 2.51. The van der Waals surface area contributed by atoms with Gasteiger partial charge in [0.2, 0.25) is 0 Å². The molecule has 2 aliphatic rings. The van der Waals surface area contributed by atoms with Gasteiger partial charge >= 0.3 is 0 Å². The number of hydrogen-bond acceptors (Lipinski definition) is 0. The fourth-order valence-electron chi connectivity index (χ4n) is 5.12. The van der Waals surface area contributed by atoms with Crippen molar-refractivity contribution in [2.75, 3.05) is 0 Å². The normalized spacial score (nSPS) is 40.2. The second-order valence-corrected chi connectivity index (χ2v) is 12.7. The van der Waals surface area contributed by atoms with Crippen molar-refractivity contribution >= 4 is 8.07 Å². The lowest BCUT2D eigenvalue weighted by atomic mass is 9.89. The summed E-state index contributed by atoms with van der Waals surface area (Å²) in [4.78, 5) is 0. The largest absolute Gasteiger partial charge is 0.0689 e. The van der Waals surface area contributed by atoms with E-state index in [4.69, 9.17) is 0 Å². The average Bonchev–Trinajstić information content (AvgIpc) is 2.29. The molecule has 0 aromatic rings. The lowest BCUT2D eigenvalue weighted by molar-refractivity contribution is 0.340. The van der Waals surface area contributed by atoms with Gasteiger partial charge in [-0.15, -0.1) is 0 Å². The molecule has 0 heterocycles. The van der Waals surface area contributed by atoms with E-state index < -0.39 is 8.07 Å². The van der Waals surface area contributed by atoms with Gasteiger partial charge in [0, 0.05) is 0 Å². The van der Waals surface area contributed by atoms with Gasteiger partial charge in [-0.1, -0.05) is 78.3 Å². The van der Waals surface area contributed by atoms with E-state index in [2.05, 4.69) is 26.9 Å². The molecule has 0 spiro atoms. The van der Waals surface area contributed by atoms with Gasteiger partial charge in [0.15, 0.2) is 0 Å². The molecular weight excluding hydrogens is 220 g/mol. The van der Waals surface area contributed by atoms with E-state index in [0.717, 1.165) is 22.9 Å². The number of rotatable bonds is 2. The Hall–Kier alpha value is 0.217. The molecule has 4 atom stereocenters. The van der Waals surface area contributed by atoms with Gasteiger partial charge in [0.1, 0.15) is 0 Å². The lowest BCUT2D eigenvalue weighted by Gasteiger charge is -2.48. The summed E-state index contributed by atoms with van der Waals surface area (Å²) in [5, 5.41) is 0. The Morgan fingerprint density at radius 3 is 1.35 bits per heavy atom. The first-order valence-electron chi connectivity index (χ1n) is 8.03. The molecule has 0 aromatic carbocycles. The molecule has 2 aliphatic carbocycles. The summed E-state index contributed by atoms with van der Waals surface area (Å²) in [5.74, 6) is 2.05. The molecule has 0 aliphatic heterocycles. The highest BCUT2D eigenvalue weighted by atomic mass is 28.3. The minimum Gasteiger partial charge on any atom is -0.0689 e. The quantitative estimate of drug-likeness (QED) is 0.540. The molecule has 0 aromatic heterocycles. The summed E-state index contributed by atoms with van der Waals surface area (Å²) >= 11 is 0. The maximum Gasteiger partial charge on any atom is 0.0541 e. The first-order valence-corrected chi connectivity index (χ1v) is 11.2. The van der Waals surface area contributed by atoms with E-state index in [9.17, 15) is 0 Å². The molecule has 0 amide bonds. The predicted octanol–water partition coefficient (Wildman–Crippen LogP) is 5.86. The highest BCUT2D eigenvalue weighted by molar-refractivity contribution is 6.80. The third-order valence-electron chi connectivity index (χ3n) is 6.13. The van der Waals surface area contributed by atoms with Gasteiger partial charge in [-0.3, -0.25) is 0 Å². The average molecular weight is 253 g/mol.